The molecule has 1 rings (SSSR count). The fourth-order valence-electron chi connectivity index (χ4n) is 4.34. The minimum Gasteiger partial charge on any atom is -0.468 e. The van der Waals surface area contributed by atoms with Gasteiger partial charge in [-0.3, -0.25) is 14.4 Å². The standard InChI is InChI=1S/C26H44O5/c1-5-6-7-8-9-10-11-12-13-14-15-16-17-18-23(28)31-22-19-21(27)20-26(2,3)24(22)25(29)30-4/h19,24H,5-18,20H2,1-4H3. The van der Waals surface area contributed by atoms with Gasteiger partial charge >= 0.3 is 11.9 Å². The Kier molecular flexibility index (Phi) is 13.4. The van der Waals surface area contributed by atoms with Crippen molar-refractivity contribution in [2.24, 2.45) is 11.3 Å². The molecule has 0 aromatic heterocycles. The molecule has 0 N–H and O–H groups in total. The van der Waals surface area contributed by atoms with Crippen molar-refractivity contribution in [3.05, 3.63) is 11.8 Å². The summed E-state index contributed by atoms with van der Waals surface area (Å²) in [5.74, 6) is -1.58. The molecule has 178 valence electrons. The monoisotopic (exact) mass is 436 g/mol. The molecule has 0 saturated carbocycles. The molecule has 1 aliphatic rings. The van der Waals surface area contributed by atoms with Gasteiger partial charge in [-0.15, -0.1) is 0 Å². The number of hydrogen-bond acceptors (Lipinski definition) is 5. The maximum Gasteiger partial charge on any atom is 0.316 e. The number of esters is 2. The Morgan fingerprint density at radius 3 is 1.87 bits per heavy atom. The molecule has 0 aliphatic heterocycles. The molecule has 0 spiro atoms. The highest BCUT2D eigenvalue weighted by Gasteiger charge is 2.45. The number of ether oxygens (including phenoxy) is 2. The number of rotatable bonds is 16. The summed E-state index contributed by atoms with van der Waals surface area (Å²) >= 11 is 0. The molecule has 0 bridgehead atoms. The van der Waals surface area contributed by atoms with Crippen molar-refractivity contribution in [3.63, 3.8) is 0 Å². The van der Waals surface area contributed by atoms with Crippen molar-refractivity contribution < 1.29 is 23.9 Å². The smallest absolute Gasteiger partial charge is 0.316 e. The van der Waals surface area contributed by atoms with Gasteiger partial charge in [0.1, 0.15) is 11.7 Å². The number of hydrogen-bond donors (Lipinski definition) is 0. The number of allylic oxidation sites excluding steroid dienone is 1. The zero-order valence-corrected chi connectivity index (χ0v) is 20.3. The molecule has 0 fully saturated rings. The summed E-state index contributed by atoms with van der Waals surface area (Å²) in [4.78, 5) is 36.5. The lowest BCUT2D eigenvalue weighted by atomic mass is 9.70. The van der Waals surface area contributed by atoms with Crippen LogP contribution in [-0.4, -0.2) is 24.8 Å². The van der Waals surface area contributed by atoms with E-state index in [1.165, 1.54) is 77.4 Å². The lowest BCUT2D eigenvalue weighted by Gasteiger charge is -2.35. The molecule has 1 unspecified atom stereocenters. The van der Waals surface area contributed by atoms with Gasteiger partial charge in [0.05, 0.1) is 7.11 Å². The first kappa shape index (κ1) is 27.4. The maximum absolute atomic E-state index is 12.3. The molecule has 0 radical (unpaired) electrons. The predicted molar refractivity (Wildman–Crippen MR) is 123 cm³/mol. The SMILES string of the molecule is CCCCCCCCCCCCCCCC(=O)OC1=CC(=O)CC(C)(C)C1C(=O)OC. The second-order valence-electron chi connectivity index (χ2n) is 9.60. The Morgan fingerprint density at radius 1 is 0.903 bits per heavy atom. The maximum atomic E-state index is 12.3. The van der Waals surface area contributed by atoms with E-state index in [1.807, 2.05) is 13.8 Å². The van der Waals surface area contributed by atoms with Crippen LogP contribution in [0.1, 0.15) is 117 Å². The van der Waals surface area contributed by atoms with Crippen LogP contribution in [0.4, 0.5) is 0 Å². The second kappa shape index (κ2) is 15.2. The van der Waals surface area contributed by atoms with E-state index in [0.29, 0.717) is 6.42 Å². The van der Waals surface area contributed by atoms with E-state index in [-0.39, 0.29) is 23.9 Å². The summed E-state index contributed by atoms with van der Waals surface area (Å²) in [7, 11) is 1.31. The predicted octanol–water partition coefficient (Wildman–Crippen LogP) is 6.68. The van der Waals surface area contributed by atoms with Crippen molar-refractivity contribution in [1.82, 2.24) is 0 Å². The van der Waals surface area contributed by atoms with E-state index in [0.717, 1.165) is 19.3 Å². The third-order valence-electron chi connectivity index (χ3n) is 6.15. The zero-order valence-electron chi connectivity index (χ0n) is 20.3. The molecular weight excluding hydrogens is 392 g/mol. The number of carbonyl (C=O) groups excluding carboxylic acids is 3. The van der Waals surface area contributed by atoms with Crippen molar-refractivity contribution in [1.29, 1.82) is 0 Å². The minimum atomic E-state index is -0.731. The Labute approximate surface area is 189 Å². The molecule has 0 amide bonds. The third-order valence-corrected chi connectivity index (χ3v) is 6.15. The molecule has 0 saturated heterocycles. The van der Waals surface area contributed by atoms with Crippen molar-refractivity contribution in [2.45, 2.75) is 117 Å². The number of unbranched alkanes of at least 4 members (excludes halogenated alkanes) is 12. The van der Waals surface area contributed by atoms with Gasteiger partial charge in [0.15, 0.2) is 5.78 Å². The summed E-state index contributed by atoms with van der Waals surface area (Å²) in [5, 5.41) is 0. The van der Waals surface area contributed by atoms with Gasteiger partial charge in [0.25, 0.3) is 0 Å². The van der Waals surface area contributed by atoms with Crippen LogP contribution in [0.5, 0.6) is 0 Å². The number of ketones is 1. The molecule has 0 heterocycles. The largest absolute Gasteiger partial charge is 0.468 e. The Balaban J connectivity index is 2.18. The number of methoxy groups -OCH3 is 1. The Bertz CT molecular complexity index is 591. The van der Waals surface area contributed by atoms with Crippen LogP contribution in [0, 0.1) is 11.3 Å². The van der Waals surface area contributed by atoms with Gasteiger partial charge in [-0.25, -0.2) is 0 Å². The molecule has 0 aromatic carbocycles. The summed E-state index contributed by atoms with van der Waals surface area (Å²) < 4.78 is 10.3. The van der Waals surface area contributed by atoms with Crippen LogP contribution in [-0.2, 0) is 23.9 Å². The molecular formula is C26H44O5. The van der Waals surface area contributed by atoms with Crippen LogP contribution >= 0.6 is 0 Å². The van der Waals surface area contributed by atoms with Gasteiger partial charge in [0.2, 0.25) is 0 Å². The normalized spacial score (nSPS) is 17.9. The average molecular weight is 437 g/mol. The van der Waals surface area contributed by atoms with Crippen LogP contribution in [0.3, 0.4) is 0 Å². The highest BCUT2D eigenvalue weighted by Crippen LogP contribution is 2.41. The molecule has 1 aliphatic carbocycles. The summed E-state index contributed by atoms with van der Waals surface area (Å²) in [6.07, 6.45) is 18.0. The topological polar surface area (TPSA) is 69.7 Å². The van der Waals surface area contributed by atoms with Crippen molar-refractivity contribution >= 4 is 17.7 Å². The fraction of sp³-hybridized carbons (Fsp3) is 0.808. The lowest BCUT2D eigenvalue weighted by molar-refractivity contribution is -0.153. The van der Waals surface area contributed by atoms with E-state index in [4.69, 9.17) is 9.47 Å². The summed E-state index contributed by atoms with van der Waals surface area (Å²) in [6.45, 7) is 5.89. The zero-order chi connectivity index (χ0) is 23.1. The van der Waals surface area contributed by atoms with E-state index < -0.39 is 17.3 Å². The van der Waals surface area contributed by atoms with E-state index >= 15 is 0 Å². The number of carbonyl (C=O) groups is 3. The van der Waals surface area contributed by atoms with Gasteiger partial charge in [0, 0.05) is 18.9 Å². The lowest BCUT2D eigenvalue weighted by Crippen LogP contribution is -2.39. The summed E-state index contributed by atoms with van der Waals surface area (Å²) in [6, 6.07) is 0. The quantitative estimate of drug-likeness (QED) is 0.199. The van der Waals surface area contributed by atoms with E-state index in [1.54, 1.807) is 0 Å². The van der Waals surface area contributed by atoms with Crippen molar-refractivity contribution in [2.75, 3.05) is 7.11 Å². The van der Waals surface area contributed by atoms with Gasteiger partial charge < -0.3 is 9.47 Å². The van der Waals surface area contributed by atoms with Crippen LogP contribution in [0.15, 0.2) is 11.8 Å². The van der Waals surface area contributed by atoms with Crippen LogP contribution in [0.25, 0.3) is 0 Å². The summed E-state index contributed by atoms with van der Waals surface area (Å²) in [5.41, 5.74) is -0.635. The molecule has 31 heavy (non-hydrogen) atoms. The van der Waals surface area contributed by atoms with Crippen LogP contribution in [0.2, 0.25) is 0 Å². The molecule has 5 heteroatoms. The third kappa shape index (κ3) is 11.0. The average Bonchev–Trinajstić information content (AvgIpc) is 2.69. The Morgan fingerprint density at radius 2 is 1.39 bits per heavy atom. The van der Waals surface area contributed by atoms with Gasteiger partial charge in [-0.05, 0) is 11.8 Å². The van der Waals surface area contributed by atoms with Crippen LogP contribution < -0.4 is 0 Å². The second-order valence-corrected chi connectivity index (χ2v) is 9.60. The van der Waals surface area contributed by atoms with E-state index in [2.05, 4.69) is 6.92 Å². The molecule has 0 aromatic rings. The molecule has 5 nitrogen and oxygen atoms in total. The highest BCUT2D eigenvalue weighted by molar-refractivity contribution is 5.95. The van der Waals surface area contributed by atoms with Gasteiger partial charge in [-0.2, -0.15) is 0 Å². The Hall–Kier alpha value is -1.65. The minimum absolute atomic E-state index is 0.131. The fourth-order valence-corrected chi connectivity index (χ4v) is 4.34. The highest BCUT2D eigenvalue weighted by atomic mass is 16.5. The van der Waals surface area contributed by atoms with Crippen molar-refractivity contribution in [3.8, 4) is 0 Å². The molecule has 1 atom stereocenters. The first-order valence-corrected chi connectivity index (χ1v) is 12.3. The van der Waals surface area contributed by atoms with E-state index in [9.17, 15) is 14.4 Å². The van der Waals surface area contributed by atoms with Gasteiger partial charge in [-0.1, -0.05) is 97.8 Å². The first-order chi connectivity index (χ1) is 14.8. The first-order valence-electron chi connectivity index (χ1n) is 12.3.